The van der Waals surface area contributed by atoms with Crippen LogP contribution in [0.1, 0.15) is 27.2 Å². The first kappa shape index (κ1) is 13.4. The molecule has 0 aliphatic carbocycles. The molecule has 2 atom stereocenters. The van der Waals surface area contributed by atoms with Crippen molar-refractivity contribution < 1.29 is 14.6 Å². The van der Waals surface area contributed by atoms with E-state index in [4.69, 9.17) is 15.6 Å². The second-order valence-electron chi connectivity index (χ2n) is 4.18. The third-order valence-electron chi connectivity index (χ3n) is 2.95. The lowest BCUT2D eigenvalue weighted by molar-refractivity contribution is -0.142. The quantitative estimate of drug-likeness (QED) is 0.678. The van der Waals surface area contributed by atoms with Crippen LogP contribution in [0.25, 0.3) is 0 Å². The van der Waals surface area contributed by atoms with Gasteiger partial charge in [0, 0.05) is 18.6 Å². The Kier molecular flexibility index (Phi) is 5.08. The Morgan fingerprint density at radius 2 is 2.00 bits per heavy atom. The number of methoxy groups -OCH3 is 1. The Morgan fingerprint density at radius 1 is 1.50 bits per heavy atom. The molecule has 0 amide bonds. The number of nitrogens with two attached hydrogens (primary N) is 1. The van der Waals surface area contributed by atoms with Gasteiger partial charge in [-0.05, 0) is 12.8 Å². The van der Waals surface area contributed by atoms with Crippen LogP contribution in [-0.2, 0) is 9.53 Å². The number of carbonyl (C=O) groups is 1. The molecule has 0 heterocycles. The molecule has 0 spiro atoms. The van der Waals surface area contributed by atoms with Crippen molar-refractivity contribution in [2.75, 3.05) is 13.7 Å². The van der Waals surface area contributed by atoms with Crippen LogP contribution in [0.5, 0.6) is 0 Å². The number of carboxylic acid groups (broad SMARTS) is 1. The smallest absolute Gasteiger partial charge is 0.304 e. The molecule has 2 unspecified atom stereocenters. The fraction of sp³-hybridized carbons (Fsp3) is 0.900. The van der Waals surface area contributed by atoms with Gasteiger partial charge in [0.15, 0.2) is 0 Å². The van der Waals surface area contributed by atoms with Crippen LogP contribution in [0.2, 0.25) is 0 Å². The molecule has 0 aromatic carbocycles. The summed E-state index contributed by atoms with van der Waals surface area (Å²) in [6, 6.07) is -0.196. The molecule has 0 aliphatic heterocycles. The first-order valence-corrected chi connectivity index (χ1v) is 4.83. The predicted octanol–water partition coefficient (Wildman–Crippen LogP) is 1.10. The van der Waals surface area contributed by atoms with Crippen LogP contribution in [0, 0.1) is 11.3 Å². The van der Waals surface area contributed by atoms with Crippen molar-refractivity contribution in [3.8, 4) is 0 Å². The lowest BCUT2D eigenvalue weighted by atomic mass is 9.70. The maximum absolute atomic E-state index is 10.8. The Labute approximate surface area is 85.4 Å². The molecule has 4 heteroatoms. The summed E-state index contributed by atoms with van der Waals surface area (Å²) in [4.78, 5) is 10.8. The molecule has 0 saturated carbocycles. The molecule has 84 valence electrons. The fourth-order valence-electron chi connectivity index (χ4n) is 1.79. The number of aliphatic carboxylic acids is 1. The van der Waals surface area contributed by atoms with Gasteiger partial charge in [0.1, 0.15) is 0 Å². The Morgan fingerprint density at radius 3 is 2.21 bits per heavy atom. The average Bonchev–Trinajstić information content (AvgIpc) is 2.01. The molecule has 0 aliphatic rings. The summed E-state index contributed by atoms with van der Waals surface area (Å²) in [6.45, 7) is 6.17. The summed E-state index contributed by atoms with van der Waals surface area (Å²) in [7, 11) is 1.57. The van der Waals surface area contributed by atoms with Crippen LogP contribution < -0.4 is 5.73 Å². The van der Waals surface area contributed by atoms with Crippen molar-refractivity contribution in [1.82, 2.24) is 0 Å². The van der Waals surface area contributed by atoms with Gasteiger partial charge >= 0.3 is 5.97 Å². The van der Waals surface area contributed by atoms with Crippen molar-refractivity contribution in [2.24, 2.45) is 17.1 Å². The van der Waals surface area contributed by atoms with Gasteiger partial charge in [-0.1, -0.05) is 13.8 Å². The van der Waals surface area contributed by atoms with E-state index >= 15 is 0 Å². The third-order valence-corrected chi connectivity index (χ3v) is 2.95. The molecular formula is C10H21NO3. The Hall–Kier alpha value is -0.610. The number of carboxylic acids is 1. The zero-order valence-electron chi connectivity index (χ0n) is 9.41. The highest BCUT2D eigenvalue weighted by Gasteiger charge is 2.39. The van der Waals surface area contributed by atoms with Gasteiger partial charge in [-0.15, -0.1) is 0 Å². The predicted molar refractivity (Wildman–Crippen MR) is 55.0 cm³/mol. The van der Waals surface area contributed by atoms with Gasteiger partial charge < -0.3 is 15.6 Å². The SMILES string of the molecule is COCC(CC(=O)O)(C(C)C)C(C)N. The van der Waals surface area contributed by atoms with E-state index in [1.54, 1.807) is 7.11 Å². The van der Waals surface area contributed by atoms with E-state index in [1.165, 1.54) is 0 Å². The fourth-order valence-corrected chi connectivity index (χ4v) is 1.79. The van der Waals surface area contributed by atoms with Crippen molar-refractivity contribution in [3.63, 3.8) is 0 Å². The van der Waals surface area contributed by atoms with Crippen LogP contribution in [-0.4, -0.2) is 30.8 Å². The first-order chi connectivity index (χ1) is 6.36. The lowest BCUT2D eigenvalue weighted by Crippen LogP contribution is -2.48. The number of rotatable bonds is 6. The van der Waals surface area contributed by atoms with E-state index in [-0.39, 0.29) is 18.4 Å². The van der Waals surface area contributed by atoms with Crippen molar-refractivity contribution >= 4 is 5.97 Å². The van der Waals surface area contributed by atoms with E-state index in [2.05, 4.69) is 0 Å². The summed E-state index contributed by atoms with van der Waals surface area (Å²) >= 11 is 0. The minimum Gasteiger partial charge on any atom is -0.481 e. The standard InChI is InChI=1S/C10H21NO3/c1-7(2)10(6-14-4,8(3)11)5-9(12)13/h7-8H,5-6,11H2,1-4H3,(H,12,13). The molecule has 0 aromatic rings. The zero-order chi connectivity index (χ0) is 11.4. The summed E-state index contributed by atoms with van der Waals surface area (Å²) in [5.41, 5.74) is 5.39. The van der Waals surface area contributed by atoms with E-state index in [0.717, 1.165) is 0 Å². The van der Waals surface area contributed by atoms with Gasteiger partial charge in [-0.25, -0.2) is 0 Å². The number of hydrogen-bond donors (Lipinski definition) is 2. The molecule has 0 fully saturated rings. The first-order valence-electron chi connectivity index (χ1n) is 4.83. The summed E-state index contributed by atoms with van der Waals surface area (Å²) < 4.78 is 5.09. The minimum absolute atomic E-state index is 0.0518. The lowest BCUT2D eigenvalue weighted by Gasteiger charge is -2.39. The van der Waals surface area contributed by atoms with Crippen molar-refractivity contribution in [1.29, 1.82) is 0 Å². The van der Waals surface area contributed by atoms with Gasteiger partial charge in [0.05, 0.1) is 13.0 Å². The molecule has 4 nitrogen and oxygen atoms in total. The van der Waals surface area contributed by atoms with Crippen LogP contribution in [0.3, 0.4) is 0 Å². The zero-order valence-corrected chi connectivity index (χ0v) is 9.41. The summed E-state index contributed by atoms with van der Waals surface area (Å²) in [6.07, 6.45) is 0.0518. The highest BCUT2D eigenvalue weighted by Crippen LogP contribution is 2.34. The average molecular weight is 203 g/mol. The monoisotopic (exact) mass is 203 g/mol. The second-order valence-corrected chi connectivity index (χ2v) is 4.18. The van der Waals surface area contributed by atoms with E-state index in [9.17, 15) is 4.79 Å². The van der Waals surface area contributed by atoms with E-state index in [0.29, 0.717) is 6.61 Å². The minimum atomic E-state index is -0.826. The Balaban J connectivity index is 4.83. The van der Waals surface area contributed by atoms with Gasteiger partial charge in [0.25, 0.3) is 0 Å². The molecule has 3 N–H and O–H groups in total. The molecule has 14 heavy (non-hydrogen) atoms. The summed E-state index contributed by atoms with van der Waals surface area (Å²) in [5, 5.41) is 8.86. The van der Waals surface area contributed by atoms with Gasteiger partial charge in [-0.3, -0.25) is 4.79 Å². The second kappa shape index (κ2) is 5.32. The maximum atomic E-state index is 10.8. The molecule has 0 rings (SSSR count). The topological polar surface area (TPSA) is 72.5 Å². The van der Waals surface area contributed by atoms with Gasteiger partial charge in [0.2, 0.25) is 0 Å². The highest BCUT2D eigenvalue weighted by atomic mass is 16.5. The highest BCUT2D eigenvalue weighted by molar-refractivity contribution is 5.68. The molecular weight excluding hydrogens is 182 g/mol. The summed E-state index contributed by atoms with van der Waals surface area (Å²) in [5.74, 6) is -0.647. The van der Waals surface area contributed by atoms with Crippen LogP contribution in [0.15, 0.2) is 0 Å². The third kappa shape index (κ3) is 2.96. The van der Waals surface area contributed by atoms with Crippen molar-refractivity contribution in [2.45, 2.75) is 33.2 Å². The molecule has 0 radical (unpaired) electrons. The van der Waals surface area contributed by atoms with Crippen molar-refractivity contribution in [3.05, 3.63) is 0 Å². The number of ether oxygens (including phenoxy) is 1. The normalized spacial score (nSPS) is 17.9. The maximum Gasteiger partial charge on any atom is 0.304 e. The molecule has 0 saturated heterocycles. The molecule has 0 aromatic heterocycles. The van der Waals surface area contributed by atoms with Crippen LogP contribution in [0.4, 0.5) is 0 Å². The van der Waals surface area contributed by atoms with Crippen LogP contribution >= 0.6 is 0 Å². The van der Waals surface area contributed by atoms with Gasteiger partial charge in [-0.2, -0.15) is 0 Å². The Bertz CT molecular complexity index is 182. The molecule has 0 bridgehead atoms. The van der Waals surface area contributed by atoms with E-state index in [1.807, 2.05) is 20.8 Å². The number of hydrogen-bond acceptors (Lipinski definition) is 3. The van der Waals surface area contributed by atoms with E-state index < -0.39 is 11.4 Å². The largest absolute Gasteiger partial charge is 0.481 e.